The summed E-state index contributed by atoms with van der Waals surface area (Å²) in [5.41, 5.74) is 7.47. The van der Waals surface area contributed by atoms with Crippen molar-refractivity contribution in [1.29, 1.82) is 0 Å². The van der Waals surface area contributed by atoms with Crippen LogP contribution in [0.5, 0.6) is 5.88 Å². The van der Waals surface area contributed by atoms with E-state index in [4.69, 9.17) is 22.1 Å². The van der Waals surface area contributed by atoms with Crippen molar-refractivity contribution >= 4 is 34.8 Å². The van der Waals surface area contributed by atoms with Crippen molar-refractivity contribution in [3.63, 3.8) is 0 Å². The highest BCUT2D eigenvalue weighted by Gasteiger charge is 2.21. The third-order valence-electron chi connectivity index (χ3n) is 3.85. The van der Waals surface area contributed by atoms with Crippen molar-refractivity contribution in [3.8, 4) is 5.88 Å². The fourth-order valence-electron chi connectivity index (χ4n) is 2.57. The summed E-state index contributed by atoms with van der Waals surface area (Å²) < 4.78 is 6.60. The van der Waals surface area contributed by atoms with Gasteiger partial charge in [-0.1, -0.05) is 23.7 Å². The molecule has 0 spiro atoms. The molecule has 0 aliphatic heterocycles. The number of methoxy groups -OCH3 is 1. The summed E-state index contributed by atoms with van der Waals surface area (Å²) in [7, 11) is 3.29. The zero-order chi connectivity index (χ0) is 19.4. The number of nitrogens with two attached hydrogens (primary N) is 1. The van der Waals surface area contributed by atoms with Gasteiger partial charge in [0.2, 0.25) is 5.88 Å². The average molecular weight is 387 g/mol. The van der Waals surface area contributed by atoms with E-state index in [1.165, 1.54) is 0 Å². The third-order valence-corrected chi connectivity index (χ3v) is 4.08. The summed E-state index contributed by atoms with van der Waals surface area (Å²) in [6.45, 7) is 0.438. The summed E-state index contributed by atoms with van der Waals surface area (Å²) in [4.78, 5) is 16.2. The van der Waals surface area contributed by atoms with Gasteiger partial charge < -0.3 is 21.1 Å². The minimum Gasteiger partial charge on any atom is -0.481 e. The summed E-state index contributed by atoms with van der Waals surface area (Å²) in [5.74, 6) is 0.790. The molecule has 0 atom stereocenters. The Morgan fingerprint density at radius 1 is 1.33 bits per heavy atom. The van der Waals surface area contributed by atoms with Crippen LogP contribution in [-0.4, -0.2) is 27.8 Å². The molecule has 0 radical (unpaired) electrons. The van der Waals surface area contributed by atoms with Gasteiger partial charge in [0.25, 0.3) is 5.91 Å². The van der Waals surface area contributed by atoms with Crippen molar-refractivity contribution < 1.29 is 9.53 Å². The molecule has 9 heteroatoms. The first-order valence-corrected chi connectivity index (χ1v) is 8.48. The topological polar surface area (TPSA) is 107 Å². The van der Waals surface area contributed by atoms with E-state index in [2.05, 4.69) is 20.7 Å². The summed E-state index contributed by atoms with van der Waals surface area (Å²) in [6, 6.07) is 10.8. The first-order valence-electron chi connectivity index (χ1n) is 8.10. The largest absolute Gasteiger partial charge is 0.481 e. The fourth-order valence-corrected chi connectivity index (χ4v) is 2.76. The van der Waals surface area contributed by atoms with Crippen molar-refractivity contribution in [2.45, 2.75) is 6.54 Å². The molecule has 2 aromatic heterocycles. The molecule has 3 aromatic rings. The predicted molar refractivity (Wildman–Crippen MR) is 105 cm³/mol. The average Bonchev–Trinajstić information content (AvgIpc) is 2.95. The zero-order valence-electron chi connectivity index (χ0n) is 14.9. The van der Waals surface area contributed by atoms with Gasteiger partial charge in [-0.2, -0.15) is 5.10 Å². The van der Waals surface area contributed by atoms with Crippen LogP contribution in [-0.2, 0) is 13.6 Å². The van der Waals surface area contributed by atoms with Crippen LogP contribution in [0.4, 0.5) is 17.3 Å². The molecular weight excluding hydrogens is 368 g/mol. The zero-order valence-corrected chi connectivity index (χ0v) is 15.6. The molecule has 0 aliphatic carbocycles. The molecule has 27 heavy (non-hydrogen) atoms. The SMILES string of the molecule is COc1ccc(CNc2c(C(N)=O)c(Nc3cccc(Cl)c3)nn2C)cn1. The Morgan fingerprint density at radius 3 is 2.78 bits per heavy atom. The van der Waals surface area contributed by atoms with Crippen molar-refractivity contribution in [2.24, 2.45) is 12.8 Å². The van der Waals surface area contributed by atoms with Crippen LogP contribution in [0, 0.1) is 0 Å². The number of hydrogen-bond donors (Lipinski definition) is 3. The monoisotopic (exact) mass is 386 g/mol. The lowest BCUT2D eigenvalue weighted by Crippen LogP contribution is -2.16. The molecule has 0 saturated carbocycles. The molecule has 2 heterocycles. The van der Waals surface area contributed by atoms with E-state index in [9.17, 15) is 4.79 Å². The predicted octanol–water partition coefficient (Wildman–Crippen LogP) is 2.93. The van der Waals surface area contributed by atoms with Crippen molar-refractivity contribution in [3.05, 3.63) is 58.7 Å². The number of nitrogens with one attached hydrogen (secondary N) is 2. The van der Waals surface area contributed by atoms with E-state index in [0.717, 1.165) is 5.56 Å². The molecule has 0 bridgehead atoms. The van der Waals surface area contributed by atoms with Crippen LogP contribution < -0.4 is 21.1 Å². The quantitative estimate of drug-likeness (QED) is 0.576. The lowest BCUT2D eigenvalue weighted by Gasteiger charge is -2.09. The van der Waals surface area contributed by atoms with E-state index in [0.29, 0.717) is 34.8 Å². The molecule has 1 aromatic carbocycles. The maximum atomic E-state index is 12.0. The second-order valence-corrected chi connectivity index (χ2v) is 6.19. The highest BCUT2D eigenvalue weighted by Crippen LogP contribution is 2.27. The van der Waals surface area contributed by atoms with Gasteiger partial charge in [-0.25, -0.2) is 4.98 Å². The number of rotatable bonds is 7. The van der Waals surface area contributed by atoms with Crippen LogP contribution in [0.2, 0.25) is 5.02 Å². The second kappa shape index (κ2) is 7.96. The first kappa shape index (κ1) is 18.5. The Bertz CT molecular complexity index is 955. The van der Waals surface area contributed by atoms with Gasteiger partial charge in [0.1, 0.15) is 11.4 Å². The Labute approximate surface area is 161 Å². The highest BCUT2D eigenvalue weighted by molar-refractivity contribution is 6.30. The van der Waals surface area contributed by atoms with Crippen LogP contribution in [0.3, 0.4) is 0 Å². The van der Waals surface area contributed by atoms with E-state index >= 15 is 0 Å². The summed E-state index contributed by atoms with van der Waals surface area (Å²) in [6.07, 6.45) is 1.69. The second-order valence-electron chi connectivity index (χ2n) is 5.76. The van der Waals surface area contributed by atoms with E-state index < -0.39 is 5.91 Å². The van der Waals surface area contributed by atoms with Gasteiger partial charge in [0, 0.05) is 36.6 Å². The smallest absolute Gasteiger partial charge is 0.256 e. The van der Waals surface area contributed by atoms with Gasteiger partial charge >= 0.3 is 0 Å². The minimum atomic E-state index is -0.594. The third kappa shape index (κ3) is 4.29. The Morgan fingerprint density at radius 2 is 2.15 bits per heavy atom. The lowest BCUT2D eigenvalue weighted by atomic mass is 10.2. The molecule has 0 unspecified atom stereocenters. The summed E-state index contributed by atoms with van der Waals surface area (Å²) >= 11 is 6.00. The van der Waals surface area contributed by atoms with Crippen molar-refractivity contribution in [2.75, 3.05) is 17.7 Å². The van der Waals surface area contributed by atoms with E-state index in [1.807, 2.05) is 12.1 Å². The molecule has 8 nitrogen and oxygen atoms in total. The van der Waals surface area contributed by atoms with Crippen LogP contribution >= 0.6 is 11.6 Å². The van der Waals surface area contributed by atoms with Crippen LogP contribution in [0.15, 0.2) is 42.6 Å². The van der Waals surface area contributed by atoms with Crippen molar-refractivity contribution in [1.82, 2.24) is 14.8 Å². The number of aromatic nitrogens is 3. The number of benzene rings is 1. The van der Waals surface area contributed by atoms with Gasteiger partial charge in [0.05, 0.1) is 7.11 Å². The Hall–Kier alpha value is -3.26. The molecule has 0 saturated heterocycles. The maximum absolute atomic E-state index is 12.0. The number of aryl methyl sites for hydroxylation is 1. The molecule has 140 valence electrons. The number of nitrogens with zero attached hydrogens (tertiary/aromatic N) is 3. The molecule has 0 fully saturated rings. The van der Waals surface area contributed by atoms with Gasteiger partial charge in [0.15, 0.2) is 5.82 Å². The number of hydrogen-bond acceptors (Lipinski definition) is 6. The lowest BCUT2D eigenvalue weighted by molar-refractivity contribution is 0.100. The fraction of sp³-hybridized carbons (Fsp3) is 0.167. The summed E-state index contributed by atoms with van der Waals surface area (Å²) in [5, 5.41) is 11.2. The van der Waals surface area contributed by atoms with Crippen LogP contribution in [0.25, 0.3) is 0 Å². The maximum Gasteiger partial charge on any atom is 0.256 e. The molecular formula is C18H19ClN6O2. The number of carbonyl (C=O) groups excluding carboxylic acids is 1. The van der Waals surface area contributed by atoms with Gasteiger partial charge in [-0.3, -0.25) is 9.48 Å². The van der Waals surface area contributed by atoms with Gasteiger partial charge in [-0.05, 0) is 23.8 Å². The first-order chi connectivity index (χ1) is 13.0. The van der Waals surface area contributed by atoms with E-state index in [-0.39, 0.29) is 5.56 Å². The standard InChI is InChI=1S/C18H19ClN6O2/c1-25-18(22-10-11-6-7-14(27-2)21-9-11)15(16(20)26)17(24-25)23-13-5-3-4-12(19)8-13/h3-9,22H,10H2,1-2H3,(H2,20,26)(H,23,24). The number of pyridine rings is 1. The number of halogens is 1. The van der Waals surface area contributed by atoms with E-state index in [1.54, 1.807) is 49.3 Å². The Kier molecular flexibility index (Phi) is 5.46. The number of amides is 1. The molecule has 1 amide bonds. The van der Waals surface area contributed by atoms with Gasteiger partial charge in [-0.15, -0.1) is 0 Å². The molecule has 3 rings (SSSR count). The molecule has 0 aliphatic rings. The number of primary amides is 1. The normalized spacial score (nSPS) is 10.5. The highest BCUT2D eigenvalue weighted by atomic mass is 35.5. The number of carbonyl (C=O) groups is 1. The Balaban J connectivity index is 1.84. The number of anilines is 3. The molecule has 4 N–H and O–H groups in total. The number of ether oxygens (including phenoxy) is 1. The van der Waals surface area contributed by atoms with Crippen LogP contribution in [0.1, 0.15) is 15.9 Å². The minimum absolute atomic E-state index is 0.263.